The molecule has 2 saturated heterocycles. The molecule has 1 N–H and O–H groups in total. The van der Waals surface area contributed by atoms with Crippen LogP contribution < -0.4 is 5.32 Å². The first kappa shape index (κ1) is 21.3. The summed E-state index contributed by atoms with van der Waals surface area (Å²) < 4.78 is 0. The van der Waals surface area contributed by atoms with Crippen molar-refractivity contribution in [1.29, 1.82) is 0 Å². The summed E-state index contributed by atoms with van der Waals surface area (Å²) in [5.74, 6) is 0.498. The zero-order chi connectivity index (χ0) is 20.3. The van der Waals surface area contributed by atoms with Crippen LogP contribution in [0.3, 0.4) is 0 Å². The van der Waals surface area contributed by atoms with Crippen molar-refractivity contribution in [2.45, 2.75) is 64.6 Å². The number of piperidine rings is 1. The number of carbonyl (C=O) groups excluding carboxylic acids is 1. The van der Waals surface area contributed by atoms with Crippen LogP contribution in [0.15, 0.2) is 24.3 Å². The van der Waals surface area contributed by atoms with E-state index in [2.05, 4.69) is 53.9 Å². The number of hydrogen-bond donors (Lipinski definition) is 1. The zero-order valence-electron chi connectivity index (χ0n) is 18.3. The van der Waals surface area contributed by atoms with E-state index in [1.165, 1.54) is 31.5 Å². The van der Waals surface area contributed by atoms with E-state index in [4.69, 9.17) is 0 Å². The summed E-state index contributed by atoms with van der Waals surface area (Å²) in [5, 5.41) is 3.18. The molecule has 2 fully saturated rings. The number of anilines is 1. The number of para-hydroxylation sites is 1. The lowest BCUT2D eigenvalue weighted by Crippen LogP contribution is -2.60. The number of hydrogen-bond acceptors (Lipinski definition) is 4. The second kappa shape index (κ2) is 9.38. The fraction of sp³-hybridized carbons (Fsp3) is 0.696. The van der Waals surface area contributed by atoms with Crippen LogP contribution in [-0.2, 0) is 4.79 Å². The Balaban J connectivity index is 1.57. The van der Waals surface area contributed by atoms with Gasteiger partial charge in [0, 0.05) is 37.4 Å². The second-order valence-corrected chi connectivity index (χ2v) is 9.02. The largest absolute Gasteiger partial charge is 0.324 e. The molecular weight excluding hydrogens is 348 g/mol. The van der Waals surface area contributed by atoms with Crippen molar-refractivity contribution in [3.8, 4) is 0 Å². The molecule has 5 nitrogen and oxygen atoms in total. The standard InChI is InChI=1S/C23H38N4O/c1-17(2)21-8-6-7-9-22(21)24-23(28)19(4)26-14-15-27(18(3)16-26)20-10-12-25(5)13-11-20/h6-9,17-20H,10-16H2,1-5H3,(H,24,28)/t18-,19-/m0/s1. The van der Waals surface area contributed by atoms with Gasteiger partial charge >= 0.3 is 0 Å². The van der Waals surface area contributed by atoms with Gasteiger partial charge in [-0.25, -0.2) is 0 Å². The van der Waals surface area contributed by atoms with Gasteiger partial charge in [0.1, 0.15) is 0 Å². The summed E-state index contributed by atoms with van der Waals surface area (Å²) in [6.45, 7) is 14.1. The van der Waals surface area contributed by atoms with E-state index in [1.54, 1.807) is 0 Å². The highest BCUT2D eigenvalue weighted by Gasteiger charge is 2.34. The van der Waals surface area contributed by atoms with E-state index in [0.717, 1.165) is 25.3 Å². The van der Waals surface area contributed by atoms with Gasteiger partial charge in [-0.1, -0.05) is 32.0 Å². The molecule has 1 aromatic carbocycles. The Labute approximate surface area is 171 Å². The third-order valence-corrected chi connectivity index (χ3v) is 6.64. The van der Waals surface area contributed by atoms with Crippen LogP contribution in [0.2, 0.25) is 0 Å². The molecule has 0 radical (unpaired) electrons. The van der Waals surface area contributed by atoms with Crippen molar-refractivity contribution < 1.29 is 4.79 Å². The van der Waals surface area contributed by atoms with Crippen LogP contribution in [0.1, 0.15) is 52.0 Å². The van der Waals surface area contributed by atoms with E-state index in [-0.39, 0.29) is 11.9 Å². The maximum Gasteiger partial charge on any atom is 0.241 e. The van der Waals surface area contributed by atoms with Crippen molar-refractivity contribution in [3.05, 3.63) is 29.8 Å². The lowest BCUT2D eigenvalue weighted by atomic mass is 9.99. The van der Waals surface area contributed by atoms with Crippen molar-refractivity contribution in [2.24, 2.45) is 0 Å². The molecule has 2 atom stereocenters. The van der Waals surface area contributed by atoms with Crippen LogP contribution >= 0.6 is 0 Å². The molecule has 1 aromatic rings. The van der Waals surface area contributed by atoms with E-state index in [0.29, 0.717) is 18.0 Å². The molecule has 0 bridgehead atoms. The Morgan fingerprint density at radius 1 is 1.07 bits per heavy atom. The van der Waals surface area contributed by atoms with Gasteiger partial charge in [0.15, 0.2) is 0 Å². The number of nitrogens with zero attached hydrogens (tertiary/aromatic N) is 3. The van der Waals surface area contributed by atoms with Crippen molar-refractivity contribution in [2.75, 3.05) is 45.1 Å². The van der Waals surface area contributed by atoms with Gasteiger partial charge in [-0.15, -0.1) is 0 Å². The topological polar surface area (TPSA) is 38.8 Å². The summed E-state index contributed by atoms with van der Waals surface area (Å²) in [7, 11) is 2.22. The summed E-state index contributed by atoms with van der Waals surface area (Å²) in [6, 6.07) is 9.25. The first-order valence-corrected chi connectivity index (χ1v) is 10.9. The van der Waals surface area contributed by atoms with Gasteiger partial charge < -0.3 is 10.2 Å². The van der Waals surface area contributed by atoms with Crippen molar-refractivity contribution >= 4 is 11.6 Å². The molecule has 2 aliphatic heterocycles. The predicted molar refractivity (Wildman–Crippen MR) is 117 cm³/mol. The van der Waals surface area contributed by atoms with Gasteiger partial charge in [0.05, 0.1) is 6.04 Å². The zero-order valence-corrected chi connectivity index (χ0v) is 18.3. The molecule has 2 heterocycles. The van der Waals surface area contributed by atoms with Gasteiger partial charge in [-0.2, -0.15) is 0 Å². The highest BCUT2D eigenvalue weighted by Crippen LogP contribution is 2.25. The van der Waals surface area contributed by atoms with E-state index in [9.17, 15) is 4.79 Å². The fourth-order valence-electron chi connectivity index (χ4n) is 4.74. The Morgan fingerprint density at radius 2 is 1.75 bits per heavy atom. The minimum Gasteiger partial charge on any atom is -0.324 e. The highest BCUT2D eigenvalue weighted by atomic mass is 16.2. The molecule has 156 valence electrons. The molecule has 0 unspecified atom stereocenters. The average molecular weight is 387 g/mol. The quantitative estimate of drug-likeness (QED) is 0.843. The summed E-state index contributed by atoms with van der Waals surface area (Å²) in [6.07, 6.45) is 2.53. The van der Waals surface area contributed by atoms with E-state index in [1.807, 2.05) is 25.1 Å². The minimum atomic E-state index is -0.109. The third kappa shape index (κ3) is 4.94. The van der Waals surface area contributed by atoms with Gasteiger partial charge in [0.2, 0.25) is 5.91 Å². The van der Waals surface area contributed by atoms with Crippen molar-refractivity contribution in [3.63, 3.8) is 0 Å². The SMILES string of the molecule is CC(C)c1ccccc1NC(=O)[C@H](C)N1CCN(C2CCN(C)CC2)[C@@H](C)C1. The first-order chi connectivity index (χ1) is 13.4. The Bertz CT molecular complexity index is 654. The third-order valence-electron chi connectivity index (χ3n) is 6.64. The highest BCUT2D eigenvalue weighted by molar-refractivity contribution is 5.95. The van der Waals surface area contributed by atoms with Gasteiger partial charge in [-0.3, -0.25) is 14.6 Å². The molecule has 0 aliphatic carbocycles. The van der Waals surface area contributed by atoms with Gasteiger partial charge in [0.25, 0.3) is 0 Å². The number of benzene rings is 1. The van der Waals surface area contributed by atoms with E-state index < -0.39 is 0 Å². The monoisotopic (exact) mass is 386 g/mol. The molecule has 28 heavy (non-hydrogen) atoms. The number of likely N-dealkylation sites (tertiary alicyclic amines) is 1. The lowest BCUT2D eigenvalue weighted by molar-refractivity contribution is -0.122. The maximum absolute atomic E-state index is 12.9. The van der Waals surface area contributed by atoms with Crippen molar-refractivity contribution in [1.82, 2.24) is 14.7 Å². The van der Waals surface area contributed by atoms with Gasteiger partial charge in [-0.05, 0) is 64.4 Å². The van der Waals surface area contributed by atoms with Crippen LogP contribution in [0.5, 0.6) is 0 Å². The molecular formula is C23H38N4O. The molecule has 5 heteroatoms. The number of rotatable bonds is 5. The predicted octanol–water partition coefficient (Wildman–Crippen LogP) is 3.24. The second-order valence-electron chi connectivity index (χ2n) is 9.02. The maximum atomic E-state index is 12.9. The summed E-state index contributed by atoms with van der Waals surface area (Å²) in [5.41, 5.74) is 2.15. The summed E-state index contributed by atoms with van der Waals surface area (Å²) >= 11 is 0. The minimum absolute atomic E-state index is 0.105. The molecule has 0 aromatic heterocycles. The molecule has 1 amide bonds. The number of piperazine rings is 1. The normalized spacial score (nSPS) is 24.4. The number of nitrogens with one attached hydrogen (secondary N) is 1. The Kier molecular flexibility index (Phi) is 7.13. The molecule has 0 spiro atoms. The van der Waals surface area contributed by atoms with Crippen LogP contribution in [0, 0.1) is 0 Å². The fourth-order valence-corrected chi connectivity index (χ4v) is 4.74. The van der Waals surface area contributed by atoms with Crippen LogP contribution in [0.25, 0.3) is 0 Å². The Morgan fingerprint density at radius 3 is 2.39 bits per heavy atom. The molecule has 0 saturated carbocycles. The smallest absolute Gasteiger partial charge is 0.241 e. The average Bonchev–Trinajstić information content (AvgIpc) is 2.68. The number of carbonyl (C=O) groups is 1. The number of amides is 1. The summed E-state index contributed by atoms with van der Waals surface area (Å²) in [4.78, 5) is 20.4. The van der Waals surface area contributed by atoms with Crippen LogP contribution in [-0.4, -0.2) is 78.5 Å². The van der Waals surface area contributed by atoms with E-state index >= 15 is 0 Å². The molecule has 3 rings (SSSR count). The van der Waals surface area contributed by atoms with Crippen LogP contribution in [0.4, 0.5) is 5.69 Å². The first-order valence-electron chi connectivity index (χ1n) is 10.9. The molecule has 2 aliphatic rings. The lowest BCUT2D eigenvalue weighted by Gasteiger charge is -2.47. The Hall–Kier alpha value is -1.43.